The van der Waals surface area contributed by atoms with Crippen LogP contribution >= 0.6 is 0 Å². The van der Waals surface area contributed by atoms with E-state index < -0.39 is 0 Å². The lowest BCUT2D eigenvalue weighted by Crippen LogP contribution is -2.03. The van der Waals surface area contributed by atoms with E-state index in [0.717, 1.165) is 33.8 Å². The molecule has 0 amide bonds. The highest BCUT2D eigenvalue weighted by atomic mass is 16.5. The van der Waals surface area contributed by atoms with E-state index in [4.69, 9.17) is 9.47 Å². The molecule has 118 valence electrons. The zero-order valence-electron chi connectivity index (χ0n) is 13.0. The summed E-state index contributed by atoms with van der Waals surface area (Å²) in [7, 11) is 3.27. The SMILES string of the molecule is COc1ccc(CNc2ccc3cc(O)ccc3n2)c(OC)c1. The summed E-state index contributed by atoms with van der Waals surface area (Å²) >= 11 is 0. The van der Waals surface area contributed by atoms with Crippen LogP contribution in [0.4, 0.5) is 5.82 Å². The average molecular weight is 310 g/mol. The minimum Gasteiger partial charge on any atom is -0.508 e. The Hall–Kier alpha value is -2.95. The molecule has 0 aliphatic carbocycles. The number of methoxy groups -OCH3 is 2. The zero-order chi connectivity index (χ0) is 16.2. The summed E-state index contributed by atoms with van der Waals surface area (Å²) in [5.74, 6) is 2.53. The fourth-order valence-corrected chi connectivity index (χ4v) is 2.40. The molecule has 0 atom stereocenters. The fourth-order valence-electron chi connectivity index (χ4n) is 2.40. The van der Waals surface area contributed by atoms with Crippen molar-refractivity contribution in [3.63, 3.8) is 0 Å². The molecule has 5 nitrogen and oxygen atoms in total. The first-order valence-electron chi connectivity index (χ1n) is 7.24. The number of rotatable bonds is 5. The molecule has 5 heteroatoms. The molecule has 0 spiro atoms. The van der Waals surface area contributed by atoms with Gasteiger partial charge in [-0.1, -0.05) is 0 Å². The van der Waals surface area contributed by atoms with Crippen LogP contribution < -0.4 is 14.8 Å². The molecule has 2 aromatic carbocycles. The van der Waals surface area contributed by atoms with Gasteiger partial charge in [0.25, 0.3) is 0 Å². The molecule has 1 heterocycles. The van der Waals surface area contributed by atoms with E-state index in [9.17, 15) is 5.11 Å². The second kappa shape index (κ2) is 6.44. The third-order valence-electron chi connectivity index (χ3n) is 3.63. The Morgan fingerprint density at radius 3 is 2.65 bits per heavy atom. The van der Waals surface area contributed by atoms with Crippen molar-refractivity contribution in [2.75, 3.05) is 19.5 Å². The van der Waals surface area contributed by atoms with Crippen molar-refractivity contribution < 1.29 is 14.6 Å². The van der Waals surface area contributed by atoms with E-state index in [1.807, 2.05) is 30.3 Å². The van der Waals surface area contributed by atoms with Gasteiger partial charge in [0.15, 0.2) is 0 Å². The summed E-state index contributed by atoms with van der Waals surface area (Å²) in [5.41, 5.74) is 1.84. The van der Waals surface area contributed by atoms with Crippen molar-refractivity contribution in [3.8, 4) is 17.2 Å². The highest BCUT2D eigenvalue weighted by molar-refractivity contribution is 5.81. The van der Waals surface area contributed by atoms with E-state index >= 15 is 0 Å². The molecule has 0 aliphatic rings. The van der Waals surface area contributed by atoms with Crippen LogP contribution in [0.15, 0.2) is 48.5 Å². The highest BCUT2D eigenvalue weighted by Crippen LogP contribution is 2.26. The molecule has 0 saturated carbocycles. The largest absolute Gasteiger partial charge is 0.508 e. The normalized spacial score (nSPS) is 10.5. The van der Waals surface area contributed by atoms with E-state index in [-0.39, 0.29) is 5.75 Å². The van der Waals surface area contributed by atoms with E-state index in [0.29, 0.717) is 6.54 Å². The highest BCUT2D eigenvalue weighted by Gasteiger charge is 2.06. The Kier molecular flexibility index (Phi) is 4.19. The first-order valence-corrected chi connectivity index (χ1v) is 7.24. The maximum atomic E-state index is 9.48. The lowest BCUT2D eigenvalue weighted by atomic mass is 10.2. The van der Waals surface area contributed by atoms with Crippen molar-refractivity contribution in [1.82, 2.24) is 4.98 Å². The maximum Gasteiger partial charge on any atom is 0.127 e. The molecular weight excluding hydrogens is 292 g/mol. The van der Waals surface area contributed by atoms with Crippen molar-refractivity contribution in [2.45, 2.75) is 6.54 Å². The van der Waals surface area contributed by atoms with Crippen LogP contribution in [0.2, 0.25) is 0 Å². The zero-order valence-corrected chi connectivity index (χ0v) is 13.0. The van der Waals surface area contributed by atoms with Crippen molar-refractivity contribution >= 4 is 16.7 Å². The molecule has 3 aromatic rings. The minimum absolute atomic E-state index is 0.239. The van der Waals surface area contributed by atoms with Crippen LogP contribution in [-0.2, 0) is 6.54 Å². The van der Waals surface area contributed by atoms with Gasteiger partial charge in [0.1, 0.15) is 23.1 Å². The van der Waals surface area contributed by atoms with Crippen LogP contribution in [0.25, 0.3) is 10.9 Å². The number of hydrogen-bond donors (Lipinski definition) is 2. The molecule has 0 unspecified atom stereocenters. The molecule has 0 saturated heterocycles. The Morgan fingerprint density at radius 1 is 1.00 bits per heavy atom. The number of aromatic nitrogens is 1. The molecule has 0 aliphatic heterocycles. The number of hydrogen-bond acceptors (Lipinski definition) is 5. The molecule has 0 bridgehead atoms. The number of nitrogens with one attached hydrogen (secondary N) is 1. The summed E-state index contributed by atoms with van der Waals surface area (Å²) < 4.78 is 10.6. The van der Waals surface area contributed by atoms with Gasteiger partial charge in [-0.3, -0.25) is 0 Å². The Balaban J connectivity index is 1.79. The Bertz CT molecular complexity index is 834. The number of phenolic OH excluding ortho intramolecular Hbond substituents is 1. The minimum atomic E-state index is 0.239. The van der Waals surface area contributed by atoms with Gasteiger partial charge in [-0.05, 0) is 42.5 Å². The number of pyridine rings is 1. The van der Waals surface area contributed by atoms with Gasteiger partial charge in [-0.25, -0.2) is 4.98 Å². The van der Waals surface area contributed by atoms with Crippen LogP contribution in [0.5, 0.6) is 17.2 Å². The Morgan fingerprint density at radius 2 is 1.87 bits per heavy atom. The quantitative estimate of drug-likeness (QED) is 0.754. The van der Waals surface area contributed by atoms with Crippen molar-refractivity contribution in [2.24, 2.45) is 0 Å². The van der Waals surface area contributed by atoms with Crippen molar-refractivity contribution in [3.05, 3.63) is 54.1 Å². The predicted molar refractivity (Wildman–Crippen MR) is 90.3 cm³/mol. The average Bonchev–Trinajstić information content (AvgIpc) is 2.59. The van der Waals surface area contributed by atoms with Gasteiger partial charge in [0.05, 0.1) is 19.7 Å². The third-order valence-corrected chi connectivity index (χ3v) is 3.63. The lowest BCUT2D eigenvalue weighted by Gasteiger charge is -2.12. The molecule has 1 aromatic heterocycles. The fraction of sp³-hybridized carbons (Fsp3) is 0.167. The molecule has 0 fully saturated rings. The number of benzene rings is 2. The van der Waals surface area contributed by atoms with Crippen molar-refractivity contribution in [1.29, 1.82) is 0 Å². The second-order valence-electron chi connectivity index (χ2n) is 5.10. The first-order chi connectivity index (χ1) is 11.2. The van der Waals surface area contributed by atoms with Gasteiger partial charge < -0.3 is 19.9 Å². The number of phenols is 1. The molecule has 0 radical (unpaired) electrons. The molecular formula is C18H18N2O3. The third kappa shape index (κ3) is 3.29. The summed E-state index contributed by atoms with van der Waals surface area (Å²) in [5, 5.41) is 13.7. The van der Waals surface area contributed by atoms with Crippen LogP contribution in [0.1, 0.15) is 5.56 Å². The van der Waals surface area contributed by atoms with Gasteiger partial charge in [0, 0.05) is 23.6 Å². The number of aromatic hydroxyl groups is 1. The van der Waals surface area contributed by atoms with E-state index in [1.165, 1.54) is 0 Å². The first kappa shape index (κ1) is 15.0. The second-order valence-corrected chi connectivity index (χ2v) is 5.10. The summed E-state index contributed by atoms with van der Waals surface area (Å²) in [6, 6.07) is 14.6. The number of ether oxygens (including phenoxy) is 2. The van der Waals surface area contributed by atoms with Gasteiger partial charge in [-0.2, -0.15) is 0 Å². The number of fused-ring (bicyclic) bond motifs is 1. The van der Waals surface area contributed by atoms with Crippen LogP contribution in [0, 0.1) is 0 Å². The molecule has 3 rings (SSSR count). The lowest BCUT2D eigenvalue weighted by molar-refractivity contribution is 0.391. The number of nitrogens with zero attached hydrogens (tertiary/aromatic N) is 1. The Labute approximate surface area is 134 Å². The van der Waals surface area contributed by atoms with Crippen LogP contribution in [0.3, 0.4) is 0 Å². The predicted octanol–water partition coefficient (Wildman–Crippen LogP) is 3.57. The molecule has 2 N–H and O–H groups in total. The van der Waals surface area contributed by atoms with Gasteiger partial charge in [-0.15, -0.1) is 0 Å². The topological polar surface area (TPSA) is 63.6 Å². The monoisotopic (exact) mass is 310 g/mol. The number of anilines is 1. The van der Waals surface area contributed by atoms with Gasteiger partial charge >= 0.3 is 0 Å². The smallest absolute Gasteiger partial charge is 0.127 e. The standard InChI is InChI=1S/C18H18N2O3/c1-22-15-6-3-13(17(10-15)23-2)11-19-18-8-4-12-9-14(21)5-7-16(12)20-18/h3-10,21H,11H2,1-2H3,(H,19,20). The summed E-state index contributed by atoms with van der Waals surface area (Å²) in [6.45, 7) is 0.587. The van der Waals surface area contributed by atoms with E-state index in [1.54, 1.807) is 32.4 Å². The molecule has 23 heavy (non-hydrogen) atoms. The van der Waals surface area contributed by atoms with Crippen LogP contribution in [-0.4, -0.2) is 24.3 Å². The summed E-state index contributed by atoms with van der Waals surface area (Å²) in [6.07, 6.45) is 0. The van der Waals surface area contributed by atoms with E-state index in [2.05, 4.69) is 10.3 Å². The maximum absolute atomic E-state index is 9.48. The summed E-state index contributed by atoms with van der Waals surface area (Å²) in [4.78, 5) is 4.53. The van der Waals surface area contributed by atoms with Gasteiger partial charge in [0.2, 0.25) is 0 Å².